The largest absolute Gasteiger partial charge is 0.305 e. The van der Waals surface area contributed by atoms with Crippen LogP contribution >= 0.6 is 0 Å². The van der Waals surface area contributed by atoms with Crippen molar-refractivity contribution in [1.29, 1.82) is 0 Å². The molecule has 1 atom stereocenters. The molecule has 2 aromatic heterocycles. The van der Waals surface area contributed by atoms with Gasteiger partial charge in [-0.05, 0) is 43.0 Å². The van der Waals surface area contributed by atoms with Crippen molar-refractivity contribution in [2.75, 3.05) is 0 Å². The van der Waals surface area contributed by atoms with E-state index in [1.165, 1.54) is 11.1 Å². The van der Waals surface area contributed by atoms with Crippen LogP contribution < -0.4 is 10.9 Å². The highest BCUT2D eigenvalue weighted by atomic mass is 16.1. The Labute approximate surface area is 142 Å². The van der Waals surface area contributed by atoms with Crippen LogP contribution in [0.3, 0.4) is 0 Å². The number of hydrogen-bond donors (Lipinski definition) is 1. The fourth-order valence-corrected chi connectivity index (χ4v) is 2.82. The maximum absolute atomic E-state index is 12.2. The summed E-state index contributed by atoms with van der Waals surface area (Å²) in [7, 11) is 0. The predicted molar refractivity (Wildman–Crippen MR) is 97.3 cm³/mol. The van der Waals surface area contributed by atoms with Gasteiger partial charge < -0.3 is 5.32 Å². The Morgan fingerprint density at radius 1 is 1.21 bits per heavy atom. The first kappa shape index (κ1) is 16.4. The Morgan fingerprint density at radius 2 is 1.96 bits per heavy atom. The van der Waals surface area contributed by atoms with Gasteiger partial charge >= 0.3 is 0 Å². The fraction of sp³-hybridized carbons (Fsp3) is 0.300. The minimum Gasteiger partial charge on any atom is -0.305 e. The minimum absolute atomic E-state index is 0.0412. The third kappa shape index (κ3) is 3.39. The average molecular weight is 321 g/mol. The van der Waals surface area contributed by atoms with Gasteiger partial charge in [-0.25, -0.2) is 4.98 Å². The van der Waals surface area contributed by atoms with Crippen LogP contribution in [0.15, 0.2) is 53.5 Å². The molecule has 4 nitrogen and oxygen atoms in total. The second-order valence-electron chi connectivity index (χ2n) is 6.17. The van der Waals surface area contributed by atoms with Crippen LogP contribution in [-0.2, 0) is 13.0 Å². The van der Waals surface area contributed by atoms with Crippen LogP contribution in [-0.4, -0.2) is 9.38 Å². The van der Waals surface area contributed by atoms with E-state index in [-0.39, 0.29) is 11.6 Å². The van der Waals surface area contributed by atoms with Crippen molar-refractivity contribution in [1.82, 2.24) is 14.7 Å². The molecule has 124 valence electrons. The molecule has 4 heteroatoms. The third-order valence-electron chi connectivity index (χ3n) is 4.42. The maximum Gasteiger partial charge on any atom is 0.258 e. The van der Waals surface area contributed by atoms with Gasteiger partial charge in [-0.15, -0.1) is 0 Å². The van der Waals surface area contributed by atoms with E-state index in [4.69, 9.17) is 0 Å². The zero-order valence-corrected chi connectivity index (χ0v) is 14.4. The lowest BCUT2D eigenvalue weighted by molar-refractivity contribution is 0.567. The summed E-state index contributed by atoms with van der Waals surface area (Å²) < 4.78 is 1.59. The van der Waals surface area contributed by atoms with Gasteiger partial charge in [0.05, 0.1) is 5.69 Å². The number of nitrogens with zero attached hydrogens (tertiary/aromatic N) is 2. The summed E-state index contributed by atoms with van der Waals surface area (Å²) in [5.41, 5.74) is 5.03. The van der Waals surface area contributed by atoms with Crippen molar-refractivity contribution in [3.8, 4) is 0 Å². The summed E-state index contributed by atoms with van der Waals surface area (Å²) in [6, 6.07) is 14.3. The number of fused-ring (bicyclic) bond motifs is 1. The molecule has 3 aromatic rings. The molecule has 2 heterocycles. The van der Waals surface area contributed by atoms with Gasteiger partial charge in [-0.3, -0.25) is 9.20 Å². The van der Waals surface area contributed by atoms with Crippen molar-refractivity contribution in [3.63, 3.8) is 0 Å². The lowest BCUT2D eigenvalue weighted by Crippen LogP contribution is -2.22. The highest BCUT2D eigenvalue weighted by Crippen LogP contribution is 2.14. The van der Waals surface area contributed by atoms with E-state index in [0.717, 1.165) is 23.3 Å². The summed E-state index contributed by atoms with van der Waals surface area (Å²) in [5, 5.41) is 3.45. The van der Waals surface area contributed by atoms with Crippen LogP contribution in [0.4, 0.5) is 0 Å². The number of pyridine rings is 1. The molecule has 0 amide bonds. The Balaban J connectivity index is 1.77. The molecule has 0 fully saturated rings. The van der Waals surface area contributed by atoms with Gasteiger partial charge in [0.15, 0.2) is 0 Å². The molecule has 0 saturated carbocycles. The molecule has 3 rings (SSSR count). The number of benzene rings is 1. The molecule has 0 aliphatic heterocycles. The Hall–Kier alpha value is -2.46. The first-order chi connectivity index (χ1) is 11.6. The van der Waals surface area contributed by atoms with Crippen molar-refractivity contribution in [3.05, 3.63) is 81.4 Å². The molecule has 0 aliphatic carbocycles. The van der Waals surface area contributed by atoms with Crippen LogP contribution in [0.25, 0.3) is 5.65 Å². The maximum atomic E-state index is 12.2. The average Bonchev–Trinajstić information content (AvgIpc) is 2.60. The topological polar surface area (TPSA) is 46.4 Å². The second kappa shape index (κ2) is 6.97. The van der Waals surface area contributed by atoms with Gasteiger partial charge in [0.25, 0.3) is 5.56 Å². The highest BCUT2D eigenvalue weighted by Gasteiger charge is 2.08. The van der Waals surface area contributed by atoms with Gasteiger partial charge in [0.1, 0.15) is 5.65 Å². The summed E-state index contributed by atoms with van der Waals surface area (Å²) >= 11 is 0. The summed E-state index contributed by atoms with van der Waals surface area (Å²) in [4.78, 5) is 16.9. The van der Waals surface area contributed by atoms with Crippen molar-refractivity contribution >= 4 is 5.65 Å². The minimum atomic E-state index is -0.0412. The van der Waals surface area contributed by atoms with Crippen molar-refractivity contribution < 1.29 is 0 Å². The Bertz CT molecular complexity index is 897. The quantitative estimate of drug-likeness (QED) is 0.783. The van der Waals surface area contributed by atoms with Crippen LogP contribution in [0.5, 0.6) is 0 Å². The van der Waals surface area contributed by atoms with Gasteiger partial charge in [-0.1, -0.05) is 37.3 Å². The zero-order chi connectivity index (χ0) is 17.1. The molecule has 0 aliphatic rings. The number of nitrogens with one attached hydrogen (secondary N) is 1. The molecular weight excluding hydrogens is 298 g/mol. The van der Waals surface area contributed by atoms with E-state index >= 15 is 0 Å². The molecule has 1 aromatic carbocycles. The lowest BCUT2D eigenvalue weighted by atomic mass is 10.0. The van der Waals surface area contributed by atoms with E-state index in [0.29, 0.717) is 6.54 Å². The van der Waals surface area contributed by atoms with Crippen LogP contribution in [0, 0.1) is 6.92 Å². The third-order valence-corrected chi connectivity index (χ3v) is 4.42. The number of aryl methyl sites for hydroxylation is 2. The Kier molecular flexibility index (Phi) is 4.76. The number of rotatable bonds is 5. The predicted octanol–water partition coefficient (Wildman–Crippen LogP) is 3.42. The van der Waals surface area contributed by atoms with Crippen LogP contribution in [0.2, 0.25) is 0 Å². The molecule has 0 radical (unpaired) electrons. The van der Waals surface area contributed by atoms with E-state index in [2.05, 4.69) is 48.4 Å². The molecular formula is C20H23N3O. The Morgan fingerprint density at radius 3 is 2.67 bits per heavy atom. The monoisotopic (exact) mass is 321 g/mol. The van der Waals surface area contributed by atoms with E-state index in [9.17, 15) is 4.79 Å². The molecule has 0 spiro atoms. The first-order valence-electron chi connectivity index (χ1n) is 8.38. The van der Waals surface area contributed by atoms with E-state index < -0.39 is 0 Å². The van der Waals surface area contributed by atoms with E-state index in [1.807, 2.05) is 19.1 Å². The first-order valence-corrected chi connectivity index (χ1v) is 8.38. The van der Waals surface area contributed by atoms with Gasteiger partial charge in [-0.2, -0.15) is 0 Å². The molecule has 24 heavy (non-hydrogen) atoms. The van der Waals surface area contributed by atoms with Crippen molar-refractivity contribution in [2.24, 2.45) is 0 Å². The summed E-state index contributed by atoms with van der Waals surface area (Å²) in [5.74, 6) is 0. The molecule has 0 bridgehead atoms. The van der Waals surface area contributed by atoms with Crippen molar-refractivity contribution in [2.45, 2.75) is 39.8 Å². The summed E-state index contributed by atoms with van der Waals surface area (Å²) in [6.07, 6.45) is 2.80. The zero-order valence-electron chi connectivity index (χ0n) is 14.4. The van der Waals surface area contributed by atoms with Gasteiger partial charge in [0.2, 0.25) is 0 Å². The van der Waals surface area contributed by atoms with E-state index in [1.54, 1.807) is 16.7 Å². The molecule has 0 saturated heterocycles. The highest BCUT2D eigenvalue weighted by molar-refractivity contribution is 5.46. The number of aromatic nitrogens is 2. The lowest BCUT2D eigenvalue weighted by Gasteiger charge is -2.15. The SMILES string of the molecule is CCc1ccc([C@H](C)NCc2cc(=O)n3cccc(C)c3n2)cc1. The molecule has 0 unspecified atom stereocenters. The number of hydrogen-bond acceptors (Lipinski definition) is 3. The molecule has 1 N–H and O–H groups in total. The van der Waals surface area contributed by atoms with Crippen LogP contribution in [0.1, 0.15) is 42.3 Å². The standard InChI is InChI=1S/C20H23N3O/c1-4-16-7-9-17(10-8-16)15(3)21-13-18-12-19(24)23-11-5-6-14(2)20(23)22-18/h5-12,15,21H,4,13H2,1-3H3/t15-/m0/s1. The fourth-order valence-electron chi connectivity index (χ4n) is 2.82. The second-order valence-corrected chi connectivity index (χ2v) is 6.17. The summed E-state index contributed by atoms with van der Waals surface area (Å²) in [6.45, 7) is 6.82. The normalized spacial score (nSPS) is 12.5. The van der Waals surface area contributed by atoms with Gasteiger partial charge in [0, 0.05) is 24.8 Å². The smallest absolute Gasteiger partial charge is 0.258 e.